The third kappa shape index (κ3) is 5.33. The lowest BCUT2D eigenvalue weighted by atomic mass is 10.1. The number of amides is 1. The smallest absolute Gasteiger partial charge is 0.260 e. The molecule has 0 N–H and O–H groups in total. The number of hydrogen-bond acceptors (Lipinski definition) is 9. The summed E-state index contributed by atoms with van der Waals surface area (Å²) in [6.45, 7) is 4.02. The van der Waals surface area contributed by atoms with Crippen LogP contribution in [0.4, 0.5) is 5.13 Å². The maximum Gasteiger partial charge on any atom is 0.260 e. The Bertz CT molecular complexity index is 1290. The summed E-state index contributed by atoms with van der Waals surface area (Å²) in [4.78, 5) is 22.4. The van der Waals surface area contributed by atoms with Gasteiger partial charge in [-0.05, 0) is 36.4 Å². The Morgan fingerprint density at radius 2 is 1.85 bits per heavy atom. The summed E-state index contributed by atoms with van der Waals surface area (Å²) < 4.78 is 40.8. The number of fused-ring (bicyclic) bond motifs is 1. The molecule has 1 amide bonds. The van der Waals surface area contributed by atoms with E-state index in [0.717, 1.165) is 13.1 Å². The number of rotatable bonds is 8. The number of anilines is 1. The van der Waals surface area contributed by atoms with Gasteiger partial charge in [0.25, 0.3) is 5.91 Å². The van der Waals surface area contributed by atoms with Gasteiger partial charge in [-0.2, -0.15) is 0 Å². The van der Waals surface area contributed by atoms with Crippen molar-refractivity contribution < 1.29 is 27.4 Å². The van der Waals surface area contributed by atoms with E-state index in [2.05, 4.69) is 9.88 Å². The average Bonchev–Trinajstić information content (AvgIpc) is 3.26. The Kier molecular flexibility index (Phi) is 7.36. The minimum absolute atomic E-state index is 0.223. The fourth-order valence-corrected chi connectivity index (χ4v) is 5.47. The molecule has 0 unspecified atom stereocenters. The number of methoxy groups -OCH3 is 2. The molecule has 0 saturated carbocycles. The van der Waals surface area contributed by atoms with Crippen LogP contribution in [0.3, 0.4) is 0 Å². The fourth-order valence-electron chi connectivity index (χ4n) is 3.71. The zero-order chi connectivity index (χ0) is 24.3. The van der Waals surface area contributed by atoms with Gasteiger partial charge in [-0.25, -0.2) is 13.4 Å². The van der Waals surface area contributed by atoms with Gasteiger partial charge >= 0.3 is 0 Å². The third-order valence-corrected chi connectivity index (χ3v) is 7.78. The van der Waals surface area contributed by atoms with Crippen LogP contribution in [-0.4, -0.2) is 84.1 Å². The topological polar surface area (TPSA) is 98.3 Å². The first-order chi connectivity index (χ1) is 16.3. The first kappa shape index (κ1) is 24.4. The molecule has 0 atom stereocenters. The zero-order valence-corrected chi connectivity index (χ0v) is 20.9. The SMILES string of the molecule is COc1ccc(C(=O)N(CCN2CCOCC2)c2nc3ccc(S(C)(=O)=O)cc3s2)cc1OC. The number of carbonyl (C=O) groups excluding carboxylic acids is 1. The zero-order valence-electron chi connectivity index (χ0n) is 19.3. The quantitative estimate of drug-likeness (QED) is 0.461. The largest absolute Gasteiger partial charge is 0.493 e. The highest BCUT2D eigenvalue weighted by atomic mass is 32.2. The van der Waals surface area contributed by atoms with Gasteiger partial charge in [-0.15, -0.1) is 0 Å². The number of nitrogens with zero attached hydrogens (tertiary/aromatic N) is 3. The second-order valence-corrected chi connectivity index (χ2v) is 10.9. The highest BCUT2D eigenvalue weighted by Gasteiger charge is 2.24. The van der Waals surface area contributed by atoms with E-state index < -0.39 is 9.84 Å². The van der Waals surface area contributed by atoms with E-state index >= 15 is 0 Å². The lowest BCUT2D eigenvalue weighted by Crippen LogP contribution is -2.43. The van der Waals surface area contributed by atoms with Gasteiger partial charge in [0.15, 0.2) is 26.5 Å². The number of sulfone groups is 1. The molecule has 3 aromatic rings. The molecule has 2 aromatic carbocycles. The van der Waals surface area contributed by atoms with Crippen molar-refractivity contribution in [3.8, 4) is 11.5 Å². The normalized spacial score (nSPS) is 14.8. The van der Waals surface area contributed by atoms with Crippen molar-refractivity contribution in [3.63, 3.8) is 0 Å². The van der Waals surface area contributed by atoms with Crippen LogP contribution in [0.1, 0.15) is 10.4 Å². The number of morpholine rings is 1. The van der Waals surface area contributed by atoms with Crippen LogP contribution in [0.15, 0.2) is 41.3 Å². The number of benzene rings is 2. The van der Waals surface area contributed by atoms with Crippen LogP contribution >= 0.6 is 11.3 Å². The van der Waals surface area contributed by atoms with Gasteiger partial charge in [0, 0.05) is 38.0 Å². The van der Waals surface area contributed by atoms with Crippen LogP contribution in [0.25, 0.3) is 10.2 Å². The molecule has 4 rings (SSSR count). The highest BCUT2D eigenvalue weighted by Crippen LogP contribution is 2.33. The predicted octanol–water partition coefficient (Wildman–Crippen LogP) is 2.70. The maximum absolute atomic E-state index is 13.6. The number of aromatic nitrogens is 1. The van der Waals surface area contributed by atoms with Crippen LogP contribution in [-0.2, 0) is 14.6 Å². The van der Waals surface area contributed by atoms with Crippen molar-refractivity contribution in [1.82, 2.24) is 9.88 Å². The monoisotopic (exact) mass is 505 g/mol. The Labute approximate surface area is 202 Å². The lowest BCUT2D eigenvalue weighted by Gasteiger charge is -2.29. The average molecular weight is 506 g/mol. The number of hydrogen-bond donors (Lipinski definition) is 0. The van der Waals surface area contributed by atoms with Crippen molar-refractivity contribution in [2.45, 2.75) is 4.90 Å². The van der Waals surface area contributed by atoms with E-state index in [0.29, 0.717) is 58.7 Å². The van der Waals surface area contributed by atoms with Crippen molar-refractivity contribution in [2.75, 3.05) is 64.8 Å². The van der Waals surface area contributed by atoms with E-state index in [-0.39, 0.29) is 10.8 Å². The molecule has 0 bridgehead atoms. The summed E-state index contributed by atoms with van der Waals surface area (Å²) in [7, 11) is -0.285. The maximum atomic E-state index is 13.6. The van der Waals surface area contributed by atoms with Crippen molar-refractivity contribution in [1.29, 1.82) is 0 Å². The summed E-state index contributed by atoms with van der Waals surface area (Å²) in [5.74, 6) is 0.771. The molecule has 0 aliphatic carbocycles. The predicted molar refractivity (Wildman–Crippen MR) is 131 cm³/mol. The molecule has 182 valence electrons. The molecule has 1 aliphatic rings. The van der Waals surface area contributed by atoms with Crippen molar-refractivity contribution in [3.05, 3.63) is 42.0 Å². The molecule has 11 heteroatoms. The van der Waals surface area contributed by atoms with Gasteiger partial charge in [0.05, 0.1) is 42.5 Å². The highest BCUT2D eigenvalue weighted by molar-refractivity contribution is 7.90. The molecular weight excluding hydrogens is 478 g/mol. The Morgan fingerprint density at radius 1 is 1.12 bits per heavy atom. The minimum Gasteiger partial charge on any atom is -0.493 e. The van der Waals surface area contributed by atoms with Crippen molar-refractivity contribution >= 4 is 42.4 Å². The number of ether oxygens (including phenoxy) is 3. The summed E-state index contributed by atoms with van der Waals surface area (Å²) in [6.07, 6.45) is 1.17. The minimum atomic E-state index is -3.35. The van der Waals surface area contributed by atoms with Crippen LogP contribution in [0.5, 0.6) is 11.5 Å². The molecule has 9 nitrogen and oxygen atoms in total. The summed E-state index contributed by atoms with van der Waals surface area (Å²) >= 11 is 1.29. The van der Waals surface area contributed by atoms with Crippen molar-refractivity contribution in [2.24, 2.45) is 0 Å². The lowest BCUT2D eigenvalue weighted by molar-refractivity contribution is 0.0391. The second-order valence-electron chi connectivity index (χ2n) is 7.88. The van der Waals surface area contributed by atoms with Gasteiger partial charge in [0.2, 0.25) is 0 Å². The summed E-state index contributed by atoms with van der Waals surface area (Å²) in [5, 5.41) is 0.508. The van der Waals surface area contributed by atoms with E-state index in [4.69, 9.17) is 14.2 Å². The second kappa shape index (κ2) is 10.3. The molecule has 2 heterocycles. The molecule has 0 spiro atoms. The molecule has 34 heavy (non-hydrogen) atoms. The van der Waals surface area contributed by atoms with E-state index in [9.17, 15) is 13.2 Å². The Balaban J connectivity index is 1.69. The summed E-state index contributed by atoms with van der Waals surface area (Å²) in [6, 6.07) is 9.86. The van der Waals surface area contributed by atoms with Gasteiger partial charge in [-0.1, -0.05) is 11.3 Å². The molecule has 1 aliphatic heterocycles. The number of thiazole rings is 1. The fraction of sp³-hybridized carbons (Fsp3) is 0.391. The standard InChI is InChI=1S/C23H27N3O6S2/c1-30-19-7-4-16(14-20(19)31-2)22(27)26(9-8-25-10-12-32-13-11-25)23-24-18-6-5-17(34(3,28)29)15-21(18)33-23/h4-7,14-15H,8-13H2,1-3H3. The van der Waals surface area contributed by atoms with Gasteiger partial charge in [0.1, 0.15) is 0 Å². The van der Waals surface area contributed by atoms with E-state index in [1.165, 1.54) is 30.8 Å². The molecule has 1 saturated heterocycles. The molecular formula is C23H27N3O6S2. The first-order valence-electron chi connectivity index (χ1n) is 10.7. The molecule has 0 radical (unpaired) electrons. The molecule has 1 fully saturated rings. The van der Waals surface area contributed by atoms with Crippen LogP contribution < -0.4 is 14.4 Å². The van der Waals surface area contributed by atoms with E-state index in [1.807, 2.05) is 0 Å². The number of carbonyl (C=O) groups is 1. The first-order valence-corrected chi connectivity index (χ1v) is 13.5. The van der Waals surface area contributed by atoms with Crippen LogP contribution in [0.2, 0.25) is 0 Å². The Hall–Kier alpha value is -2.73. The van der Waals surface area contributed by atoms with Gasteiger partial charge < -0.3 is 14.2 Å². The van der Waals surface area contributed by atoms with Crippen LogP contribution in [0, 0.1) is 0 Å². The third-order valence-electron chi connectivity index (χ3n) is 5.63. The van der Waals surface area contributed by atoms with Gasteiger partial charge in [-0.3, -0.25) is 14.6 Å². The Morgan fingerprint density at radius 3 is 2.53 bits per heavy atom. The molecule has 1 aromatic heterocycles. The summed E-state index contributed by atoms with van der Waals surface area (Å²) in [5.41, 5.74) is 1.08. The van der Waals surface area contributed by atoms with E-state index in [1.54, 1.807) is 42.3 Å².